The van der Waals surface area contributed by atoms with Gasteiger partial charge in [-0.15, -0.1) is 0 Å². The fourth-order valence-corrected chi connectivity index (χ4v) is 3.69. The molecule has 33 heavy (non-hydrogen) atoms. The third-order valence-corrected chi connectivity index (χ3v) is 5.43. The Labute approximate surface area is 190 Å². The van der Waals surface area contributed by atoms with E-state index in [1.165, 1.54) is 0 Å². The summed E-state index contributed by atoms with van der Waals surface area (Å²) in [6.45, 7) is 3.85. The number of hydrogen-bond donors (Lipinski definition) is 1. The van der Waals surface area contributed by atoms with E-state index in [0.717, 1.165) is 44.7 Å². The zero-order valence-corrected chi connectivity index (χ0v) is 18.8. The molecule has 0 radical (unpaired) electrons. The zero-order chi connectivity index (χ0) is 23.2. The number of fused-ring (bicyclic) bond motifs is 3. The van der Waals surface area contributed by atoms with E-state index in [-0.39, 0.29) is 0 Å². The van der Waals surface area contributed by atoms with E-state index in [2.05, 4.69) is 19.9 Å². The summed E-state index contributed by atoms with van der Waals surface area (Å²) in [5, 5.41) is 0. The van der Waals surface area contributed by atoms with E-state index in [0.29, 0.717) is 11.6 Å². The molecule has 0 bridgehead atoms. The van der Waals surface area contributed by atoms with Crippen LogP contribution in [0, 0.1) is 0 Å². The van der Waals surface area contributed by atoms with Crippen LogP contribution in [-0.2, 0) is 5.54 Å². The number of aromatic nitrogens is 6. The fraction of sp³-hybridized carbons (Fsp3) is 0.208. The molecule has 5 heterocycles. The van der Waals surface area contributed by atoms with E-state index in [4.69, 9.17) is 20.2 Å². The molecule has 9 nitrogen and oxygen atoms in total. The minimum absolute atomic E-state index is 0.417. The Morgan fingerprint density at radius 2 is 1.73 bits per heavy atom. The smallest absolute Gasteiger partial charge is 0.256 e. The molecule has 0 aliphatic carbocycles. The van der Waals surface area contributed by atoms with Gasteiger partial charge < -0.3 is 15.2 Å². The molecular formula is C24H23N7O2. The maximum absolute atomic E-state index is 6.18. The molecule has 0 aromatic carbocycles. The van der Waals surface area contributed by atoms with Crippen molar-refractivity contribution in [3.8, 4) is 28.6 Å². The first-order valence-electron chi connectivity index (χ1n) is 10.4. The van der Waals surface area contributed by atoms with Crippen molar-refractivity contribution in [1.29, 1.82) is 0 Å². The maximum atomic E-state index is 6.18. The van der Waals surface area contributed by atoms with E-state index in [9.17, 15) is 0 Å². The van der Waals surface area contributed by atoms with Crippen molar-refractivity contribution in [3.05, 3.63) is 60.9 Å². The largest absolute Gasteiger partial charge is 0.491 e. The minimum atomic E-state index is -0.518. The normalized spacial score (nSPS) is 11.8. The standard InChI is InChI=1S/C24H23N7O2/c1-24(2,25)20-8-5-15(11-27-20)31-13-29-18-12-26-17-7-6-16(30-21(17)22(18)31)14-9-19(32-3)23(33-4)28-10-14/h5-13H,25H2,1-4H3. The summed E-state index contributed by atoms with van der Waals surface area (Å²) in [4.78, 5) is 22.9. The van der Waals surface area contributed by atoms with Gasteiger partial charge in [-0.2, -0.15) is 0 Å². The highest BCUT2D eigenvalue weighted by molar-refractivity contribution is 6.01. The monoisotopic (exact) mass is 441 g/mol. The lowest BCUT2D eigenvalue weighted by Crippen LogP contribution is -2.29. The number of pyridine rings is 4. The van der Waals surface area contributed by atoms with Crippen molar-refractivity contribution >= 4 is 22.1 Å². The molecule has 0 amide bonds. The van der Waals surface area contributed by atoms with Gasteiger partial charge in [-0.3, -0.25) is 14.5 Å². The Bertz CT molecular complexity index is 1470. The highest BCUT2D eigenvalue weighted by Crippen LogP contribution is 2.31. The van der Waals surface area contributed by atoms with Crippen LogP contribution in [0.4, 0.5) is 0 Å². The molecule has 5 aromatic rings. The summed E-state index contributed by atoms with van der Waals surface area (Å²) in [6.07, 6.45) is 7.00. The van der Waals surface area contributed by atoms with Crippen LogP contribution >= 0.6 is 0 Å². The van der Waals surface area contributed by atoms with E-state index in [1.54, 1.807) is 39.1 Å². The van der Waals surface area contributed by atoms with Crippen LogP contribution < -0.4 is 15.2 Å². The van der Waals surface area contributed by atoms with Gasteiger partial charge in [0.25, 0.3) is 5.88 Å². The van der Waals surface area contributed by atoms with Gasteiger partial charge in [0.15, 0.2) is 5.75 Å². The van der Waals surface area contributed by atoms with Crippen molar-refractivity contribution in [3.63, 3.8) is 0 Å². The molecule has 0 saturated carbocycles. The molecule has 0 spiro atoms. The third kappa shape index (κ3) is 3.62. The number of hydrogen-bond acceptors (Lipinski definition) is 8. The predicted octanol–water partition coefficient (Wildman–Crippen LogP) is 3.64. The summed E-state index contributed by atoms with van der Waals surface area (Å²) < 4.78 is 12.6. The molecule has 0 atom stereocenters. The van der Waals surface area contributed by atoms with Crippen LogP contribution in [0.25, 0.3) is 39.0 Å². The van der Waals surface area contributed by atoms with E-state index < -0.39 is 5.54 Å². The van der Waals surface area contributed by atoms with Crippen molar-refractivity contribution in [2.75, 3.05) is 14.2 Å². The molecule has 0 aliphatic heterocycles. The Hall–Kier alpha value is -4.11. The van der Waals surface area contributed by atoms with Crippen LogP contribution in [0.15, 0.2) is 55.2 Å². The first-order valence-corrected chi connectivity index (χ1v) is 10.4. The average Bonchev–Trinajstić information content (AvgIpc) is 3.27. The highest BCUT2D eigenvalue weighted by Gasteiger charge is 2.17. The van der Waals surface area contributed by atoms with Crippen LogP contribution in [0.1, 0.15) is 19.5 Å². The van der Waals surface area contributed by atoms with E-state index in [1.807, 2.05) is 48.7 Å². The summed E-state index contributed by atoms with van der Waals surface area (Å²) in [6, 6.07) is 9.60. The first-order chi connectivity index (χ1) is 15.9. The quantitative estimate of drug-likeness (QED) is 0.440. The van der Waals surface area contributed by atoms with Gasteiger partial charge in [-0.25, -0.2) is 15.0 Å². The van der Waals surface area contributed by atoms with Crippen LogP contribution in [0.5, 0.6) is 11.6 Å². The van der Waals surface area contributed by atoms with Gasteiger partial charge in [0.2, 0.25) is 0 Å². The second kappa shape index (κ2) is 7.79. The lowest BCUT2D eigenvalue weighted by atomic mass is 10.0. The molecule has 0 aliphatic rings. The summed E-state index contributed by atoms with van der Waals surface area (Å²) in [7, 11) is 3.13. The van der Waals surface area contributed by atoms with Gasteiger partial charge in [0.1, 0.15) is 22.9 Å². The number of nitrogens with zero attached hydrogens (tertiary/aromatic N) is 6. The Balaban J connectivity index is 1.67. The van der Waals surface area contributed by atoms with Crippen molar-refractivity contribution in [1.82, 2.24) is 29.5 Å². The molecule has 166 valence electrons. The van der Waals surface area contributed by atoms with Gasteiger partial charge in [0, 0.05) is 11.8 Å². The maximum Gasteiger partial charge on any atom is 0.256 e. The second-order valence-electron chi connectivity index (χ2n) is 8.23. The molecule has 0 fully saturated rings. The SMILES string of the molecule is COc1cc(-c2ccc3ncc4ncn(-c5ccc(C(C)(C)N)nc5)c4c3n2)cnc1OC. The van der Waals surface area contributed by atoms with Crippen molar-refractivity contribution in [2.24, 2.45) is 5.73 Å². The van der Waals surface area contributed by atoms with Crippen molar-refractivity contribution < 1.29 is 9.47 Å². The fourth-order valence-electron chi connectivity index (χ4n) is 3.69. The minimum Gasteiger partial charge on any atom is -0.491 e. The first kappa shape index (κ1) is 20.8. The Morgan fingerprint density at radius 1 is 0.879 bits per heavy atom. The van der Waals surface area contributed by atoms with Gasteiger partial charge in [-0.1, -0.05) is 0 Å². The topological polar surface area (TPSA) is 114 Å². The molecule has 5 aromatic heterocycles. The molecule has 5 rings (SSSR count). The van der Waals surface area contributed by atoms with Gasteiger partial charge >= 0.3 is 0 Å². The van der Waals surface area contributed by atoms with Crippen LogP contribution in [-0.4, -0.2) is 43.7 Å². The van der Waals surface area contributed by atoms with Gasteiger partial charge in [-0.05, 0) is 44.2 Å². The van der Waals surface area contributed by atoms with Crippen LogP contribution in [0.3, 0.4) is 0 Å². The molecular weight excluding hydrogens is 418 g/mol. The number of nitrogens with two attached hydrogens (primary N) is 1. The lowest BCUT2D eigenvalue weighted by molar-refractivity contribution is 0.343. The third-order valence-electron chi connectivity index (χ3n) is 5.43. The Kier molecular flexibility index (Phi) is 4.90. The number of rotatable bonds is 5. The van der Waals surface area contributed by atoms with Crippen LogP contribution in [0.2, 0.25) is 0 Å². The number of imidazole rings is 1. The van der Waals surface area contributed by atoms with Gasteiger partial charge in [0.05, 0.1) is 54.7 Å². The summed E-state index contributed by atoms with van der Waals surface area (Å²) in [5.74, 6) is 0.952. The predicted molar refractivity (Wildman–Crippen MR) is 126 cm³/mol. The summed E-state index contributed by atoms with van der Waals surface area (Å²) >= 11 is 0. The molecule has 2 N–H and O–H groups in total. The lowest BCUT2D eigenvalue weighted by Gasteiger charge is -2.18. The Morgan fingerprint density at radius 3 is 2.42 bits per heavy atom. The average molecular weight is 441 g/mol. The number of ether oxygens (including phenoxy) is 2. The second-order valence-corrected chi connectivity index (χ2v) is 8.23. The highest BCUT2D eigenvalue weighted by atomic mass is 16.5. The molecule has 0 saturated heterocycles. The molecule has 9 heteroatoms. The zero-order valence-electron chi connectivity index (χ0n) is 18.8. The van der Waals surface area contributed by atoms with E-state index >= 15 is 0 Å². The summed E-state index contributed by atoms with van der Waals surface area (Å²) in [5.41, 5.74) is 11.9. The molecule has 0 unspecified atom stereocenters. The number of methoxy groups -OCH3 is 2. The van der Waals surface area contributed by atoms with Crippen molar-refractivity contribution in [2.45, 2.75) is 19.4 Å².